The number of aromatic nitrogens is 7. The number of alkyl halides is 3. The quantitative estimate of drug-likeness (QED) is 0.422. The Balaban J connectivity index is 1.36. The number of fused-ring (bicyclic) bond motifs is 2. The van der Waals surface area contributed by atoms with Crippen molar-refractivity contribution in [3.63, 3.8) is 0 Å². The zero-order valence-corrected chi connectivity index (χ0v) is 17.4. The molecule has 0 spiro atoms. The first-order valence-corrected chi connectivity index (χ1v) is 10.5. The highest BCUT2D eigenvalue weighted by molar-refractivity contribution is 5.80. The van der Waals surface area contributed by atoms with Crippen molar-refractivity contribution in [2.45, 2.75) is 31.0 Å². The number of rotatable bonds is 4. The van der Waals surface area contributed by atoms with Crippen LogP contribution in [0.4, 0.5) is 13.2 Å². The Kier molecular flexibility index (Phi) is 4.28. The van der Waals surface area contributed by atoms with Gasteiger partial charge in [0.15, 0.2) is 5.65 Å². The van der Waals surface area contributed by atoms with Gasteiger partial charge in [-0.25, -0.2) is 14.3 Å². The summed E-state index contributed by atoms with van der Waals surface area (Å²) in [6, 6.07) is 7.17. The van der Waals surface area contributed by atoms with Crippen molar-refractivity contribution in [2.24, 2.45) is 0 Å². The molecule has 0 unspecified atom stereocenters. The first kappa shape index (κ1) is 20.4. The topological polar surface area (TPSA) is 114 Å². The molecule has 34 heavy (non-hydrogen) atoms. The second-order valence-corrected chi connectivity index (χ2v) is 8.35. The van der Waals surface area contributed by atoms with Crippen LogP contribution in [0.15, 0.2) is 58.6 Å². The summed E-state index contributed by atoms with van der Waals surface area (Å²) in [6.45, 7) is -1.14. The first-order valence-electron chi connectivity index (χ1n) is 10.5. The van der Waals surface area contributed by atoms with Crippen LogP contribution < -0.4 is 11.2 Å². The van der Waals surface area contributed by atoms with Crippen LogP contribution in [0.2, 0.25) is 0 Å². The molecule has 0 bridgehead atoms. The van der Waals surface area contributed by atoms with E-state index in [0.29, 0.717) is 22.2 Å². The van der Waals surface area contributed by atoms with Crippen LogP contribution in [0.3, 0.4) is 0 Å². The lowest BCUT2D eigenvalue weighted by atomic mass is 10.0. The highest BCUT2D eigenvalue weighted by atomic mass is 19.4. The molecule has 4 heterocycles. The Hall–Kier alpha value is -4.22. The number of halogens is 3. The molecule has 0 radical (unpaired) electrons. The third-order valence-electron chi connectivity index (χ3n) is 6.10. The Labute approximate surface area is 187 Å². The van der Waals surface area contributed by atoms with Gasteiger partial charge in [-0.2, -0.15) is 23.4 Å². The highest BCUT2D eigenvalue weighted by Gasteiger charge is 2.41. The number of hydrogen-bond acceptors (Lipinski definition) is 5. The number of H-pyrrole nitrogens is 2. The van der Waals surface area contributed by atoms with Gasteiger partial charge in [-0.1, -0.05) is 6.07 Å². The average molecular weight is 467 g/mol. The zero-order chi connectivity index (χ0) is 23.6. The number of benzene rings is 1. The van der Waals surface area contributed by atoms with E-state index in [4.69, 9.17) is 0 Å². The van der Waals surface area contributed by atoms with Crippen LogP contribution >= 0.6 is 0 Å². The lowest BCUT2D eigenvalue weighted by molar-refractivity contribution is -0.141. The maximum Gasteiger partial charge on any atom is 0.408 e. The Morgan fingerprint density at radius 2 is 2.00 bits per heavy atom. The molecule has 172 valence electrons. The summed E-state index contributed by atoms with van der Waals surface area (Å²) in [7, 11) is 0. The summed E-state index contributed by atoms with van der Waals surface area (Å²) in [5.74, 6) is 0.233. The molecule has 4 aromatic heterocycles. The van der Waals surface area contributed by atoms with Crippen molar-refractivity contribution >= 4 is 16.6 Å². The van der Waals surface area contributed by atoms with Crippen LogP contribution in [-0.4, -0.2) is 40.5 Å². The van der Waals surface area contributed by atoms with Crippen molar-refractivity contribution in [1.82, 2.24) is 34.3 Å². The molecule has 6 rings (SSSR count). The molecule has 1 aliphatic rings. The third-order valence-corrected chi connectivity index (χ3v) is 6.10. The molecule has 1 fully saturated rings. The molecule has 2 atom stereocenters. The third kappa shape index (κ3) is 3.47. The van der Waals surface area contributed by atoms with Crippen LogP contribution in [-0.2, 0) is 6.54 Å². The largest absolute Gasteiger partial charge is 0.408 e. The molecule has 1 aliphatic carbocycles. The molecule has 0 amide bonds. The van der Waals surface area contributed by atoms with E-state index >= 15 is 0 Å². The number of aromatic amines is 2. The second kappa shape index (κ2) is 7.14. The first-order chi connectivity index (χ1) is 16.3. The van der Waals surface area contributed by atoms with Crippen LogP contribution in [0.1, 0.15) is 29.4 Å². The maximum absolute atomic E-state index is 12.8. The molecular formula is C22H16F3N7O2. The van der Waals surface area contributed by atoms with Crippen LogP contribution in [0.5, 0.6) is 0 Å². The Morgan fingerprint density at radius 1 is 1.15 bits per heavy atom. The summed E-state index contributed by atoms with van der Waals surface area (Å²) in [6.07, 6.45) is 2.54. The maximum atomic E-state index is 12.8. The fraction of sp³-hybridized carbons (Fsp3) is 0.227. The standard InChI is InChI=1S/C22H16F3N7O2/c23-22(24,25)10-32-18-2-1-11(5-12(18)8-28-32)13-6-14(13)15-7-17(30-31-4-3-26-19(15)31)16-9-27-21(34)29-20(16)33/h1-5,7-9,13-14H,6,10H2,(H2,27,29,33,34)/t13-,14+/m1/s1. The number of hydrogen-bond donors (Lipinski definition) is 2. The predicted molar refractivity (Wildman–Crippen MR) is 116 cm³/mol. The van der Waals surface area contributed by atoms with E-state index in [9.17, 15) is 22.8 Å². The smallest absolute Gasteiger partial charge is 0.313 e. The van der Waals surface area contributed by atoms with Gasteiger partial charge in [-0.15, -0.1) is 0 Å². The Bertz CT molecular complexity index is 1680. The summed E-state index contributed by atoms with van der Waals surface area (Å²) >= 11 is 0. The van der Waals surface area contributed by atoms with Gasteiger partial charge in [-0.3, -0.25) is 14.5 Å². The molecule has 0 saturated heterocycles. The summed E-state index contributed by atoms with van der Waals surface area (Å²) in [5.41, 5.74) is 2.46. The lowest BCUT2D eigenvalue weighted by Gasteiger charge is -2.09. The van der Waals surface area contributed by atoms with E-state index in [0.717, 1.165) is 22.2 Å². The van der Waals surface area contributed by atoms with Gasteiger partial charge in [0.25, 0.3) is 5.56 Å². The summed E-state index contributed by atoms with van der Waals surface area (Å²) < 4.78 is 40.9. The van der Waals surface area contributed by atoms with E-state index in [1.807, 2.05) is 12.1 Å². The molecular weight excluding hydrogens is 451 g/mol. The molecule has 0 aliphatic heterocycles. The zero-order valence-electron chi connectivity index (χ0n) is 17.4. The van der Waals surface area contributed by atoms with Crippen molar-refractivity contribution in [3.05, 3.63) is 81.0 Å². The molecule has 5 aromatic rings. The van der Waals surface area contributed by atoms with Gasteiger partial charge in [0.2, 0.25) is 0 Å². The van der Waals surface area contributed by atoms with Crippen molar-refractivity contribution < 1.29 is 13.2 Å². The van der Waals surface area contributed by atoms with Crippen molar-refractivity contribution in [3.8, 4) is 11.3 Å². The Morgan fingerprint density at radius 3 is 2.79 bits per heavy atom. The van der Waals surface area contributed by atoms with E-state index in [-0.39, 0.29) is 17.4 Å². The van der Waals surface area contributed by atoms with Crippen molar-refractivity contribution in [2.75, 3.05) is 0 Å². The normalized spacial score (nSPS) is 18.1. The van der Waals surface area contributed by atoms with E-state index in [1.54, 1.807) is 29.0 Å². The number of nitrogens with one attached hydrogen (secondary N) is 2. The monoisotopic (exact) mass is 467 g/mol. The van der Waals surface area contributed by atoms with Gasteiger partial charge < -0.3 is 4.98 Å². The van der Waals surface area contributed by atoms with Crippen LogP contribution in [0.25, 0.3) is 27.8 Å². The molecule has 12 heteroatoms. The average Bonchev–Trinajstić information content (AvgIpc) is 3.26. The molecule has 9 nitrogen and oxygen atoms in total. The number of imidazole rings is 1. The van der Waals surface area contributed by atoms with Crippen molar-refractivity contribution in [1.29, 1.82) is 0 Å². The minimum atomic E-state index is -4.35. The van der Waals surface area contributed by atoms with Gasteiger partial charge >= 0.3 is 11.9 Å². The summed E-state index contributed by atoms with van der Waals surface area (Å²) in [4.78, 5) is 32.7. The highest BCUT2D eigenvalue weighted by Crippen LogP contribution is 2.56. The molecule has 1 aromatic carbocycles. The van der Waals surface area contributed by atoms with Gasteiger partial charge in [0.05, 0.1) is 23.0 Å². The minimum absolute atomic E-state index is 0.0937. The van der Waals surface area contributed by atoms with E-state index in [1.165, 1.54) is 12.4 Å². The van der Waals surface area contributed by atoms with E-state index < -0.39 is 24.0 Å². The van der Waals surface area contributed by atoms with Crippen LogP contribution in [0, 0.1) is 0 Å². The van der Waals surface area contributed by atoms with Gasteiger partial charge in [0, 0.05) is 29.5 Å². The fourth-order valence-corrected chi connectivity index (χ4v) is 4.48. The predicted octanol–water partition coefficient (Wildman–Crippen LogP) is 2.96. The van der Waals surface area contributed by atoms with Gasteiger partial charge in [-0.05, 0) is 42.0 Å². The minimum Gasteiger partial charge on any atom is -0.313 e. The van der Waals surface area contributed by atoms with E-state index in [2.05, 4.69) is 25.1 Å². The SMILES string of the molecule is O=c1[nH]cc(-c2cc([C@H]3C[C@@H]3c3ccc4c(cnn4CC(F)(F)F)c3)c3nccn3n2)c(=O)[nH]1. The fourth-order valence-electron chi connectivity index (χ4n) is 4.48. The summed E-state index contributed by atoms with van der Waals surface area (Å²) in [5, 5.41) is 8.98. The molecule has 2 N–H and O–H groups in total. The second-order valence-electron chi connectivity index (χ2n) is 8.35. The van der Waals surface area contributed by atoms with Gasteiger partial charge in [0.1, 0.15) is 6.54 Å². The number of nitrogens with zero attached hydrogens (tertiary/aromatic N) is 5. The lowest BCUT2D eigenvalue weighted by Crippen LogP contribution is -2.23. The molecule has 1 saturated carbocycles.